The molecule has 1 N–H and O–H groups in total. The number of benzene rings is 1. The molecule has 0 aliphatic carbocycles. The zero-order chi connectivity index (χ0) is 12.3. The van der Waals surface area contributed by atoms with Gasteiger partial charge in [0.1, 0.15) is 0 Å². The summed E-state index contributed by atoms with van der Waals surface area (Å²) in [5.74, 6) is -2.82. The van der Waals surface area contributed by atoms with Crippen LogP contribution in [0.5, 0.6) is 0 Å². The second kappa shape index (κ2) is 4.91. The van der Waals surface area contributed by atoms with Crippen LogP contribution < -0.4 is 0 Å². The van der Waals surface area contributed by atoms with Gasteiger partial charge in [-0.15, -0.1) is 0 Å². The number of alkyl halides is 2. The van der Waals surface area contributed by atoms with Crippen molar-refractivity contribution in [3.05, 3.63) is 34.4 Å². The molecule has 0 bridgehead atoms. The summed E-state index contributed by atoms with van der Waals surface area (Å²) in [6.07, 6.45) is -0.759. The van der Waals surface area contributed by atoms with E-state index in [9.17, 15) is 8.78 Å². The molecule has 1 aromatic rings. The van der Waals surface area contributed by atoms with Crippen LogP contribution in [0, 0.1) is 20.8 Å². The van der Waals surface area contributed by atoms with Gasteiger partial charge in [-0.3, -0.25) is 0 Å². The molecule has 1 nitrogen and oxygen atoms in total. The van der Waals surface area contributed by atoms with Crippen molar-refractivity contribution in [3.8, 4) is 0 Å². The van der Waals surface area contributed by atoms with Crippen LogP contribution in [0.1, 0.15) is 28.7 Å². The van der Waals surface area contributed by atoms with Gasteiger partial charge in [0.15, 0.2) is 0 Å². The average Bonchev–Trinajstić information content (AvgIpc) is 2.11. The summed E-state index contributed by atoms with van der Waals surface area (Å²) in [5, 5.41) is 8.58. The third-order valence-corrected chi connectivity index (χ3v) is 2.75. The largest absolute Gasteiger partial charge is 0.396 e. The van der Waals surface area contributed by atoms with E-state index in [4.69, 9.17) is 5.11 Å². The van der Waals surface area contributed by atoms with Gasteiger partial charge in [0.2, 0.25) is 0 Å². The van der Waals surface area contributed by atoms with Gasteiger partial charge in [0.05, 0.1) is 0 Å². The molecule has 0 heterocycles. The Bertz CT molecular complexity index is 349. The van der Waals surface area contributed by atoms with E-state index >= 15 is 0 Å². The van der Waals surface area contributed by atoms with E-state index in [1.165, 1.54) is 0 Å². The quantitative estimate of drug-likeness (QED) is 0.839. The fourth-order valence-electron chi connectivity index (χ4n) is 2.00. The first-order valence-electron chi connectivity index (χ1n) is 5.41. The molecule has 16 heavy (non-hydrogen) atoms. The van der Waals surface area contributed by atoms with E-state index in [0.29, 0.717) is 5.56 Å². The number of aryl methyl sites for hydroxylation is 3. The summed E-state index contributed by atoms with van der Waals surface area (Å²) in [5.41, 5.74) is 3.58. The van der Waals surface area contributed by atoms with Crippen molar-refractivity contribution in [3.63, 3.8) is 0 Å². The summed E-state index contributed by atoms with van der Waals surface area (Å²) in [6, 6.07) is 3.83. The van der Waals surface area contributed by atoms with Gasteiger partial charge in [-0.1, -0.05) is 17.7 Å². The van der Waals surface area contributed by atoms with Crippen molar-refractivity contribution in [2.24, 2.45) is 0 Å². The van der Waals surface area contributed by atoms with Crippen LogP contribution in [0.4, 0.5) is 8.78 Å². The molecule has 0 saturated carbocycles. The van der Waals surface area contributed by atoms with Crippen LogP contribution >= 0.6 is 0 Å². The number of aliphatic hydroxyl groups excluding tert-OH is 1. The predicted molar refractivity (Wildman–Crippen MR) is 61.0 cm³/mol. The molecular formula is C13H18F2O. The number of rotatable bonds is 4. The van der Waals surface area contributed by atoms with Gasteiger partial charge in [-0.2, -0.15) is 0 Å². The maximum Gasteiger partial charge on any atom is 0.254 e. The highest BCUT2D eigenvalue weighted by Crippen LogP contribution is 2.27. The molecule has 0 atom stereocenters. The Morgan fingerprint density at radius 3 is 2.06 bits per heavy atom. The maximum atomic E-state index is 13.4. The first kappa shape index (κ1) is 13.1. The Labute approximate surface area is 95.1 Å². The Balaban J connectivity index is 2.97. The molecule has 1 rings (SSSR count). The van der Waals surface area contributed by atoms with Crippen LogP contribution in [0.15, 0.2) is 12.1 Å². The lowest BCUT2D eigenvalue weighted by molar-refractivity contribution is -0.0208. The normalized spacial score (nSPS) is 11.9. The lowest BCUT2D eigenvalue weighted by Crippen LogP contribution is -2.22. The highest BCUT2D eigenvalue weighted by molar-refractivity contribution is 5.38. The Morgan fingerprint density at radius 1 is 1.12 bits per heavy atom. The summed E-state index contributed by atoms with van der Waals surface area (Å²) >= 11 is 0. The van der Waals surface area contributed by atoms with E-state index in [-0.39, 0.29) is 6.42 Å². The maximum absolute atomic E-state index is 13.4. The second-order valence-corrected chi connectivity index (χ2v) is 4.38. The van der Waals surface area contributed by atoms with Crippen molar-refractivity contribution >= 4 is 0 Å². The van der Waals surface area contributed by atoms with E-state index in [1.54, 1.807) is 0 Å². The van der Waals surface area contributed by atoms with Gasteiger partial charge in [0, 0.05) is 19.4 Å². The zero-order valence-corrected chi connectivity index (χ0v) is 9.98. The lowest BCUT2D eigenvalue weighted by Gasteiger charge is -2.18. The highest BCUT2D eigenvalue weighted by atomic mass is 19.3. The smallest absolute Gasteiger partial charge is 0.254 e. The fraction of sp³-hybridized carbons (Fsp3) is 0.538. The number of hydrogen-bond donors (Lipinski definition) is 1. The molecule has 0 saturated heterocycles. The molecule has 0 radical (unpaired) electrons. The Kier molecular flexibility index (Phi) is 4.03. The highest BCUT2D eigenvalue weighted by Gasteiger charge is 2.29. The standard InChI is InChI=1S/C13H18F2O/c1-9-6-10(2)12(11(3)7-9)8-13(14,15)4-5-16/h6-7,16H,4-5,8H2,1-3H3. The van der Waals surface area contributed by atoms with Crippen LogP contribution in [0.25, 0.3) is 0 Å². The van der Waals surface area contributed by atoms with Crippen LogP contribution in [-0.2, 0) is 6.42 Å². The summed E-state index contributed by atoms with van der Waals surface area (Å²) < 4.78 is 26.8. The van der Waals surface area contributed by atoms with Gasteiger partial charge in [0.25, 0.3) is 5.92 Å². The summed E-state index contributed by atoms with van der Waals surface area (Å²) in [4.78, 5) is 0. The van der Waals surface area contributed by atoms with Crippen molar-refractivity contribution in [1.29, 1.82) is 0 Å². The fourth-order valence-corrected chi connectivity index (χ4v) is 2.00. The predicted octanol–water partition coefficient (Wildman–Crippen LogP) is 3.17. The first-order chi connectivity index (χ1) is 7.35. The van der Waals surface area contributed by atoms with Crippen molar-refractivity contribution in [1.82, 2.24) is 0 Å². The van der Waals surface area contributed by atoms with Crippen molar-refractivity contribution in [2.45, 2.75) is 39.5 Å². The molecule has 0 spiro atoms. The molecular weight excluding hydrogens is 210 g/mol. The van der Waals surface area contributed by atoms with Crippen molar-refractivity contribution in [2.75, 3.05) is 6.61 Å². The molecule has 0 aliphatic heterocycles. The SMILES string of the molecule is Cc1cc(C)c(CC(F)(F)CCO)c(C)c1. The van der Waals surface area contributed by atoms with Gasteiger partial charge < -0.3 is 5.11 Å². The van der Waals surface area contributed by atoms with Gasteiger partial charge in [-0.05, 0) is 37.5 Å². The minimum Gasteiger partial charge on any atom is -0.396 e. The average molecular weight is 228 g/mol. The molecule has 3 heteroatoms. The topological polar surface area (TPSA) is 20.2 Å². The molecule has 0 aromatic heterocycles. The van der Waals surface area contributed by atoms with E-state index < -0.39 is 19.0 Å². The molecule has 0 fully saturated rings. The molecule has 90 valence electrons. The van der Waals surface area contributed by atoms with Gasteiger partial charge >= 0.3 is 0 Å². The second-order valence-electron chi connectivity index (χ2n) is 4.38. The van der Waals surface area contributed by atoms with Crippen molar-refractivity contribution < 1.29 is 13.9 Å². The van der Waals surface area contributed by atoms with Crippen LogP contribution in [0.3, 0.4) is 0 Å². The molecule has 0 amide bonds. The molecule has 0 unspecified atom stereocenters. The van der Waals surface area contributed by atoms with E-state index in [2.05, 4.69) is 0 Å². The van der Waals surface area contributed by atoms with E-state index in [1.807, 2.05) is 32.9 Å². The lowest BCUT2D eigenvalue weighted by atomic mass is 9.94. The third-order valence-electron chi connectivity index (χ3n) is 2.75. The molecule has 0 aliphatic rings. The number of hydrogen-bond acceptors (Lipinski definition) is 1. The van der Waals surface area contributed by atoms with Crippen LogP contribution in [0.2, 0.25) is 0 Å². The Morgan fingerprint density at radius 2 is 1.62 bits per heavy atom. The zero-order valence-electron chi connectivity index (χ0n) is 9.98. The minimum absolute atomic E-state index is 0.286. The minimum atomic E-state index is -2.82. The Hall–Kier alpha value is -0.960. The summed E-state index contributed by atoms with van der Waals surface area (Å²) in [7, 11) is 0. The monoisotopic (exact) mass is 228 g/mol. The third kappa shape index (κ3) is 3.27. The molecule has 1 aromatic carbocycles. The van der Waals surface area contributed by atoms with Gasteiger partial charge in [-0.25, -0.2) is 8.78 Å². The number of aliphatic hydroxyl groups is 1. The number of halogens is 2. The first-order valence-corrected chi connectivity index (χ1v) is 5.41. The summed E-state index contributed by atoms with van der Waals surface area (Å²) in [6.45, 7) is 5.18. The van der Waals surface area contributed by atoms with Crippen LogP contribution in [-0.4, -0.2) is 17.6 Å². The van der Waals surface area contributed by atoms with E-state index in [0.717, 1.165) is 16.7 Å².